The van der Waals surface area contributed by atoms with Gasteiger partial charge < -0.3 is 10.1 Å². The molecule has 1 N–H and O–H groups in total. The Morgan fingerprint density at radius 3 is 2.84 bits per heavy atom. The molecular formula is C14H14BrNO2S. The number of aryl methyl sites for hydroxylation is 1. The molecule has 0 saturated carbocycles. The largest absolute Gasteiger partial charge is 0.496 e. The van der Waals surface area contributed by atoms with Gasteiger partial charge in [-0.3, -0.25) is 4.79 Å². The first kappa shape index (κ1) is 14.1. The van der Waals surface area contributed by atoms with Gasteiger partial charge in [-0.15, -0.1) is 0 Å². The van der Waals surface area contributed by atoms with Gasteiger partial charge >= 0.3 is 0 Å². The highest BCUT2D eigenvalue weighted by atomic mass is 79.9. The Morgan fingerprint density at radius 2 is 2.21 bits per heavy atom. The molecule has 1 aromatic heterocycles. The van der Waals surface area contributed by atoms with Crippen LogP contribution in [0.25, 0.3) is 0 Å². The average Bonchev–Trinajstić information content (AvgIpc) is 2.81. The molecule has 19 heavy (non-hydrogen) atoms. The van der Waals surface area contributed by atoms with Gasteiger partial charge in [-0.2, -0.15) is 11.3 Å². The van der Waals surface area contributed by atoms with Gasteiger partial charge in [0, 0.05) is 11.0 Å². The van der Waals surface area contributed by atoms with Crippen LogP contribution in [0, 0.1) is 6.92 Å². The second-order valence-electron chi connectivity index (χ2n) is 4.11. The van der Waals surface area contributed by atoms with Crippen molar-refractivity contribution < 1.29 is 9.53 Å². The number of rotatable bonds is 4. The molecule has 0 aliphatic heterocycles. The zero-order valence-electron chi connectivity index (χ0n) is 10.7. The lowest BCUT2D eigenvalue weighted by Crippen LogP contribution is -2.23. The standard InChI is InChI=1S/C14H14BrNO2S/c1-9-7-19-8-10(9)6-16-14(17)12-4-3-11(15)5-13(12)18-2/h3-5,7-8H,6H2,1-2H3,(H,16,17). The molecule has 3 nitrogen and oxygen atoms in total. The molecule has 0 spiro atoms. The van der Waals surface area contributed by atoms with Crippen LogP contribution in [0.15, 0.2) is 33.4 Å². The molecule has 5 heteroatoms. The fourth-order valence-corrected chi connectivity index (χ4v) is 2.89. The number of carbonyl (C=O) groups excluding carboxylic acids is 1. The predicted molar refractivity (Wildman–Crippen MR) is 80.9 cm³/mol. The van der Waals surface area contributed by atoms with E-state index in [0.717, 1.165) is 10.0 Å². The minimum Gasteiger partial charge on any atom is -0.496 e. The van der Waals surface area contributed by atoms with E-state index in [4.69, 9.17) is 4.74 Å². The Hall–Kier alpha value is -1.33. The van der Waals surface area contributed by atoms with Gasteiger partial charge in [-0.25, -0.2) is 0 Å². The number of thiophene rings is 1. The molecule has 0 unspecified atom stereocenters. The number of nitrogens with one attached hydrogen (secondary N) is 1. The summed E-state index contributed by atoms with van der Waals surface area (Å²) >= 11 is 5.00. The average molecular weight is 340 g/mol. The molecule has 1 heterocycles. The Kier molecular flexibility index (Phi) is 4.61. The van der Waals surface area contributed by atoms with Crippen LogP contribution in [-0.4, -0.2) is 13.0 Å². The van der Waals surface area contributed by atoms with E-state index in [1.54, 1.807) is 30.6 Å². The summed E-state index contributed by atoms with van der Waals surface area (Å²) in [7, 11) is 1.56. The van der Waals surface area contributed by atoms with Crippen molar-refractivity contribution >= 4 is 33.2 Å². The van der Waals surface area contributed by atoms with Crippen LogP contribution in [0.2, 0.25) is 0 Å². The molecule has 0 aliphatic rings. The zero-order valence-corrected chi connectivity index (χ0v) is 13.1. The van der Waals surface area contributed by atoms with E-state index in [-0.39, 0.29) is 5.91 Å². The smallest absolute Gasteiger partial charge is 0.255 e. The lowest BCUT2D eigenvalue weighted by Gasteiger charge is -2.09. The quantitative estimate of drug-likeness (QED) is 0.920. The Bertz CT molecular complexity index is 595. The van der Waals surface area contributed by atoms with Crippen molar-refractivity contribution in [2.45, 2.75) is 13.5 Å². The number of ether oxygens (including phenoxy) is 1. The summed E-state index contributed by atoms with van der Waals surface area (Å²) in [5, 5.41) is 7.03. The molecule has 1 aromatic carbocycles. The van der Waals surface area contributed by atoms with Crippen molar-refractivity contribution in [3.8, 4) is 5.75 Å². The molecule has 1 amide bonds. The van der Waals surface area contributed by atoms with Crippen LogP contribution in [0.4, 0.5) is 0 Å². The van der Waals surface area contributed by atoms with Crippen molar-refractivity contribution in [3.05, 3.63) is 50.1 Å². The first-order chi connectivity index (χ1) is 9.11. The first-order valence-corrected chi connectivity index (χ1v) is 7.49. The Labute approximate surface area is 124 Å². The zero-order chi connectivity index (χ0) is 13.8. The molecule has 0 aliphatic carbocycles. The van der Waals surface area contributed by atoms with Crippen molar-refractivity contribution in [2.75, 3.05) is 7.11 Å². The lowest BCUT2D eigenvalue weighted by atomic mass is 10.1. The monoisotopic (exact) mass is 339 g/mol. The number of carbonyl (C=O) groups is 1. The normalized spacial score (nSPS) is 10.3. The van der Waals surface area contributed by atoms with E-state index in [2.05, 4.69) is 32.0 Å². The summed E-state index contributed by atoms with van der Waals surface area (Å²) in [6.07, 6.45) is 0. The Balaban J connectivity index is 2.10. The van der Waals surface area contributed by atoms with Gasteiger partial charge in [0.2, 0.25) is 0 Å². The highest BCUT2D eigenvalue weighted by Gasteiger charge is 2.12. The predicted octanol–water partition coefficient (Wildman–Crippen LogP) is 3.76. The topological polar surface area (TPSA) is 38.3 Å². The molecule has 0 radical (unpaired) electrons. The minimum atomic E-state index is -0.130. The number of hydrogen-bond donors (Lipinski definition) is 1. The number of halogens is 1. The number of methoxy groups -OCH3 is 1. The van der Waals surface area contributed by atoms with Crippen LogP contribution < -0.4 is 10.1 Å². The molecule has 100 valence electrons. The highest BCUT2D eigenvalue weighted by Crippen LogP contribution is 2.23. The molecule has 2 aromatic rings. The van der Waals surface area contributed by atoms with Crippen molar-refractivity contribution in [2.24, 2.45) is 0 Å². The molecule has 0 fully saturated rings. The number of hydrogen-bond acceptors (Lipinski definition) is 3. The van der Waals surface area contributed by atoms with Gasteiger partial charge in [0.25, 0.3) is 5.91 Å². The second kappa shape index (κ2) is 6.21. The highest BCUT2D eigenvalue weighted by molar-refractivity contribution is 9.10. The van der Waals surface area contributed by atoms with E-state index in [0.29, 0.717) is 17.9 Å². The summed E-state index contributed by atoms with van der Waals surface area (Å²) in [6, 6.07) is 5.36. The van der Waals surface area contributed by atoms with E-state index >= 15 is 0 Å². The van der Waals surface area contributed by atoms with E-state index in [1.165, 1.54) is 5.56 Å². The van der Waals surface area contributed by atoms with Gasteiger partial charge in [-0.1, -0.05) is 15.9 Å². The van der Waals surface area contributed by atoms with Gasteiger partial charge in [0.15, 0.2) is 0 Å². The summed E-state index contributed by atoms with van der Waals surface area (Å²) in [6.45, 7) is 2.57. The van der Waals surface area contributed by atoms with Gasteiger partial charge in [0.1, 0.15) is 5.75 Å². The Morgan fingerprint density at radius 1 is 1.42 bits per heavy atom. The molecule has 0 bridgehead atoms. The minimum absolute atomic E-state index is 0.130. The van der Waals surface area contributed by atoms with Crippen molar-refractivity contribution in [1.29, 1.82) is 0 Å². The van der Waals surface area contributed by atoms with E-state index in [9.17, 15) is 4.79 Å². The third kappa shape index (κ3) is 3.36. The van der Waals surface area contributed by atoms with Gasteiger partial charge in [-0.05, 0) is 47.0 Å². The van der Waals surface area contributed by atoms with E-state index < -0.39 is 0 Å². The van der Waals surface area contributed by atoms with Crippen LogP contribution in [0.3, 0.4) is 0 Å². The van der Waals surface area contributed by atoms with Crippen LogP contribution in [0.1, 0.15) is 21.5 Å². The lowest BCUT2D eigenvalue weighted by molar-refractivity contribution is 0.0948. The maximum Gasteiger partial charge on any atom is 0.255 e. The molecule has 2 rings (SSSR count). The second-order valence-corrected chi connectivity index (χ2v) is 5.77. The van der Waals surface area contributed by atoms with Crippen LogP contribution >= 0.6 is 27.3 Å². The third-order valence-corrected chi connectivity index (χ3v) is 4.21. The molecule has 0 atom stereocenters. The maximum atomic E-state index is 12.1. The summed E-state index contributed by atoms with van der Waals surface area (Å²) < 4.78 is 6.10. The third-order valence-electron chi connectivity index (χ3n) is 2.81. The number of amides is 1. The summed E-state index contributed by atoms with van der Waals surface area (Å²) in [4.78, 5) is 12.1. The fourth-order valence-electron chi connectivity index (χ4n) is 1.69. The van der Waals surface area contributed by atoms with Crippen LogP contribution in [0.5, 0.6) is 5.75 Å². The SMILES string of the molecule is COc1cc(Br)ccc1C(=O)NCc1cscc1C. The number of benzene rings is 1. The van der Waals surface area contributed by atoms with Gasteiger partial charge in [0.05, 0.1) is 12.7 Å². The van der Waals surface area contributed by atoms with Crippen molar-refractivity contribution in [3.63, 3.8) is 0 Å². The van der Waals surface area contributed by atoms with Crippen LogP contribution in [-0.2, 0) is 6.54 Å². The molecule has 0 saturated heterocycles. The first-order valence-electron chi connectivity index (χ1n) is 5.75. The molecular weight excluding hydrogens is 326 g/mol. The maximum absolute atomic E-state index is 12.1. The summed E-state index contributed by atoms with van der Waals surface area (Å²) in [5.74, 6) is 0.434. The van der Waals surface area contributed by atoms with E-state index in [1.807, 2.05) is 13.0 Å². The summed E-state index contributed by atoms with van der Waals surface area (Å²) in [5.41, 5.74) is 2.89. The fraction of sp³-hybridized carbons (Fsp3) is 0.214. The van der Waals surface area contributed by atoms with Crippen molar-refractivity contribution in [1.82, 2.24) is 5.32 Å².